The van der Waals surface area contributed by atoms with Crippen LogP contribution in [0.25, 0.3) is 10.9 Å². The first-order valence-corrected chi connectivity index (χ1v) is 9.02. The van der Waals surface area contributed by atoms with E-state index in [0.29, 0.717) is 5.52 Å². The van der Waals surface area contributed by atoms with Crippen molar-refractivity contribution in [1.82, 2.24) is 20.3 Å². The normalized spacial score (nSPS) is 12.5. The number of hydrogen-bond donors (Lipinski definition) is 1. The van der Waals surface area contributed by atoms with Crippen molar-refractivity contribution in [3.05, 3.63) is 102 Å². The molecular formula is C22H15F3N4O. The summed E-state index contributed by atoms with van der Waals surface area (Å²) < 4.78 is 40.7. The van der Waals surface area contributed by atoms with Crippen LogP contribution in [0.15, 0.2) is 79.3 Å². The van der Waals surface area contributed by atoms with E-state index in [9.17, 15) is 18.0 Å². The number of nitrogens with zero attached hydrogens (tertiary/aromatic N) is 3. The van der Waals surface area contributed by atoms with Gasteiger partial charge in [0.2, 0.25) is 0 Å². The minimum atomic E-state index is -4.63. The highest BCUT2D eigenvalue weighted by molar-refractivity contribution is 5.98. The highest BCUT2D eigenvalue weighted by Crippen LogP contribution is 2.35. The van der Waals surface area contributed by atoms with E-state index in [-0.39, 0.29) is 17.0 Å². The molecule has 0 unspecified atom stereocenters. The van der Waals surface area contributed by atoms with Gasteiger partial charge < -0.3 is 5.32 Å². The van der Waals surface area contributed by atoms with Crippen LogP contribution in [-0.4, -0.2) is 20.9 Å². The first kappa shape index (κ1) is 19.5. The maximum atomic E-state index is 13.6. The summed E-state index contributed by atoms with van der Waals surface area (Å²) in [6, 6.07) is 14.3. The second-order valence-electron chi connectivity index (χ2n) is 6.51. The van der Waals surface area contributed by atoms with Gasteiger partial charge in [-0.1, -0.05) is 18.2 Å². The lowest BCUT2D eigenvalue weighted by atomic mass is 10.0. The van der Waals surface area contributed by atoms with Gasteiger partial charge in [-0.3, -0.25) is 19.7 Å². The van der Waals surface area contributed by atoms with Gasteiger partial charge in [-0.05, 0) is 42.5 Å². The summed E-state index contributed by atoms with van der Waals surface area (Å²) in [4.78, 5) is 25.2. The number of benzene rings is 1. The Morgan fingerprint density at radius 3 is 2.40 bits per heavy atom. The van der Waals surface area contributed by atoms with Crippen molar-refractivity contribution in [3.63, 3.8) is 0 Å². The van der Waals surface area contributed by atoms with Crippen molar-refractivity contribution < 1.29 is 18.0 Å². The lowest BCUT2D eigenvalue weighted by Gasteiger charge is -2.21. The third-order valence-electron chi connectivity index (χ3n) is 4.54. The van der Waals surface area contributed by atoms with Crippen LogP contribution in [0.5, 0.6) is 0 Å². The predicted molar refractivity (Wildman–Crippen MR) is 105 cm³/mol. The van der Waals surface area contributed by atoms with Gasteiger partial charge in [-0.25, -0.2) is 0 Å². The zero-order chi connectivity index (χ0) is 21.1. The number of pyridine rings is 3. The summed E-state index contributed by atoms with van der Waals surface area (Å²) in [5, 5.41) is 3.50. The van der Waals surface area contributed by atoms with E-state index < -0.39 is 23.7 Å². The number of amides is 1. The van der Waals surface area contributed by atoms with E-state index in [4.69, 9.17) is 0 Å². The van der Waals surface area contributed by atoms with Gasteiger partial charge >= 0.3 is 6.18 Å². The molecule has 0 bridgehead atoms. The molecule has 0 fully saturated rings. The fourth-order valence-electron chi connectivity index (χ4n) is 3.14. The summed E-state index contributed by atoms with van der Waals surface area (Å²) in [6.07, 6.45) is -0.324. The largest absolute Gasteiger partial charge is 0.418 e. The van der Waals surface area contributed by atoms with Gasteiger partial charge in [0.15, 0.2) is 0 Å². The number of carbonyl (C=O) groups is 1. The van der Waals surface area contributed by atoms with Gasteiger partial charge in [0.25, 0.3) is 5.91 Å². The molecule has 0 aliphatic heterocycles. The molecule has 0 aliphatic carbocycles. The molecule has 4 aromatic rings. The van der Waals surface area contributed by atoms with Crippen LogP contribution in [0.3, 0.4) is 0 Å². The Balaban J connectivity index is 1.75. The molecule has 5 nitrogen and oxygen atoms in total. The molecular weight excluding hydrogens is 393 g/mol. The number of fused-ring (bicyclic) bond motifs is 1. The molecule has 8 heteroatoms. The van der Waals surface area contributed by atoms with Gasteiger partial charge in [-0.15, -0.1) is 0 Å². The summed E-state index contributed by atoms with van der Waals surface area (Å²) in [5.74, 6) is -0.558. The monoisotopic (exact) mass is 408 g/mol. The third-order valence-corrected chi connectivity index (χ3v) is 4.54. The van der Waals surface area contributed by atoms with Gasteiger partial charge in [-0.2, -0.15) is 13.2 Å². The van der Waals surface area contributed by atoms with Crippen LogP contribution < -0.4 is 5.32 Å². The standard InChI is InChI=1S/C22H15F3N4O/c23-22(24,25)16-6-4-12-28-19(16)20(17-7-1-2-10-26-17)29-21(30)15-9-8-14-5-3-11-27-18(14)13-15/h1-13,20H,(H,29,30)/t20-/m0/s1. The first-order chi connectivity index (χ1) is 14.4. The molecule has 0 saturated carbocycles. The van der Waals surface area contributed by atoms with Crippen LogP contribution in [0, 0.1) is 0 Å². The molecule has 1 N–H and O–H groups in total. The minimum Gasteiger partial charge on any atom is -0.338 e. The van der Waals surface area contributed by atoms with E-state index in [1.165, 1.54) is 18.5 Å². The van der Waals surface area contributed by atoms with E-state index >= 15 is 0 Å². The Morgan fingerprint density at radius 1 is 0.867 bits per heavy atom. The molecule has 3 heterocycles. The zero-order valence-electron chi connectivity index (χ0n) is 15.5. The van der Waals surface area contributed by atoms with E-state index in [1.807, 2.05) is 6.07 Å². The van der Waals surface area contributed by atoms with E-state index in [2.05, 4.69) is 20.3 Å². The maximum absolute atomic E-state index is 13.6. The number of carbonyl (C=O) groups excluding carboxylic acids is 1. The number of nitrogens with one attached hydrogen (secondary N) is 1. The molecule has 1 amide bonds. The van der Waals surface area contributed by atoms with Crippen LogP contribution >= 0.6 is 0 Å². The molecule has 0 spiro atoms. The molecule has 1 aromatic carbocycles. The first-order valence-electron chi connectivity index (χ1n) is 9.02. The lowest BCUT2D eigenvalue weighted by Crippen LogP contribution is -2.32. The highest BCUT2D eigenvalue weighted by Gasteiger charge is 2.37. The highest BCUT2D eigenvalue weighted by atomic mass is 19.4. The number of aromatic nitrogens is 3. The van der Waals surface area contributed by atoms with Crippen LogP contribution in [0.1, 0.15) is 33.4 Å². The maximum Gasteiger partial charge on any atom is 0.418 e. The molecule has 0 radical (unpaired) electrons. The Labute approximate surface area is 169 Å². The minimum absolute atomic E-state index is 0.244. The van der Waals surface area contributed by atoms with Gasteiger partial charge in [0.05, 0.1) is 22.5 Å². The van der Waals surface area contributed by atoms with E-state index in [0.717, 1.165) is 11.5 Å². The second-order valence-corrected chi connectivity index (χ2v) is 6.51. The van der Waals surface area contributed by atoms with Crippen molar-refractivity contribution in [2.75, 3.05) is 0 Å². The van der Waals surface area contributed by atoms with Crippen LogP contribution in [0.2, 0.25) is 0 Å². The molecule has 0 aliphatic rings. The van der Waals surface area contributed by atoms with Crippen molar-refractivity contribution in [1.29, 1.82) is 0 Å². The topological polar surface area (TPSA) is 67.8 Å². The Bertz CT molecular complexity index is 1200. The molecule has 4 rings (SSSR count). The average Bonchev–Trinajstić information content (AvgIpc) is 2.77. The van der Waals surface area contributed by atoms with Crippen LogP contribution in [-0.2, 0) is 6.18 Å². The van der Waals surface area contributed by atoms with Crippen LogP contribution in [0.4, 0.5) is 13.2 Å². The predicted octanol–water partition coefficient (Wildman–Crippen LogP) is 4.56. The number of alkyl halides is 3. The average molecular weight is 408 g/mol. The molecule has 1 atom stereocenters. The summed E-state index contributed by atoms with van der Waals surface area (Å²) in [6.45, 7) is 0. The summed E-state index contributed by atoms with van der Waals surface area (Å²) in [5.41, 5.74) is -0.133. The van der Waals surface area contributed by atoms with Crippen molar-refractivity contribution in [2.24, 2.45) is 0 Å². The zero-order valence-corrected chi connectivity index (χ0v) is 15.5. The van der Waals surface area contributed by atoms with Gasteiger partial charge in [0, 0.05) is 29.5 Å². The Morgan fingerprint density at radius 2 is 1.63 bits per heavy atom. The van der Waals surface area contributed by atoms with Crippen molar-refractivity contribution in [3.8, 4) is 0 Å². The second kappa shape index (κ2) is 7.90. The Kier molecular flexibility index (Phi) is 5.14. The fourth-order valence-corrected chi connectivity index (χ4v) is 3.14. The lowest BCUT2D eigenvalue weighted by molar-refractivity contribution is -0.138. The smallest absolute Gasteiger partial charge is 0.338 e. The van der Waals surface area contributed by atoms with E-state index in [1.54, 1.807) is 48.7 Å². The summed E-state index contributed by atoms with van der Waals surface area (Å²) in [7, 11) is 0. The molecule has 3 aromatic heterocycles. The molecule has 30 heavy (non-hydrogen) atoms. The quantitative estimate of drug-likeness (QED) is 0.538. The Hall–Kier alpha value is -3.81. The number of hydrogen-bond acceptors (Lipinski definition) is 4. The van der Waals surface area contributed by atoms with Gasteiger partial charge in [0.1, 0.15) is 6.04 Å². The molecule has 150 valence electrons. The molecule has 0 saturated heterocycles. The summed E-state index contributed by atoms with van der Waals surface area (Å²) >= 11 is 0. The van der Waals surface area contributed by atoms with Crippen molar-refractivity contribution >= 4 is 16.8 Å². The van der Waals surface area contributed by atoms with Crippen molar-refractivity contribution in [2.45, 2.75) is 12.2 Å². The third kappa shape index (κ3) is 3.98. The number of rotatable bonds is 4. The number of halogens is 3. The SMILES string of the molecule is O=C(N[C@@H](c1ccccn1)c1ncccc1C(F)(F)F)c1ccc2cccnc2c1. The fraction of sp³-hybridized carbons (Fsp3) is 0.0909.